The quantitative estimate of drug-likeness (QED) is 0.783. The van der Waals surface area contributed by atoms with E-state index in [-0.39, 0.29) is 18.5 Å². The summed E-state index contributed by atoms with van der Waals surface area (Å²) < 4.78 is 24.3. The highest BCUT2D eigenvalue weighted by atomic mass is 19.1. The summed E-state index contributed by atoms with van der Waals surface area (Å²) in [6.45, 7) is 3.06. The van der Waals surface area contributed by atoms with Gasteiger partial charge in [-0.3, -0.25) is 4.90 Å². The van der Waals surface area contributed by atoms with Crippen molar-refractivity contribution < 1.29 is 19.0 Å². The summed E-state index contributed by atoms with van der Waals surface area (Å²) >= 11 is 0. The van der Waals surface area contributed by atoms with Gasteiger partial charge in [0.1, 0.15) is 11.6 Å². The molecular formula is C21H26FNO3. The smallest absolute Gasteiger partial charge is 0.124 e. The monoisotopic (exact) mass is 359 g/mol. The molecule has 2 aromatic rings. The Morgan fingerprint density at radius 1 is 1.15 bits per heavy atom. The Kier molecular flexibility index (Phi) is 6.61. The van der Waals surface area contributed by atoms with Crippen LogP contribution in [0.15, 0.2) is 42.5 Å². The summed E-state index contributed by atoms with van der Waals surface area (Å²) in [5, 5.41) is 9.55. The van der Waals surface area contributed by atoms with Crippen LogP contribution in [0.1, 0.15) is 29.5 Å². The molecule has 0 aliphatic carbocycles. The van der Waals surface area contributed by atoms with Crippen molar-refractivity contribution in [2.75, 3.05) is 20.3 Å². The topological polar surface area (TPSA) is 41.9 Å². The van der Waals surface area contributed by atoms with Crippen molar-refractivity contribution in [3.63, 3.8) is 0 Å². The lowest BCUT2D eigenvalue weighted by Crippen LogP contribution is -2.31. The number of rotatable bonds is 8. The average Bonchev–Trinajstić information content (AvgIpc) is 3.16. The van der Waals surface area contributed by atoms with Crippen molar-refractivity contribution in [1.29, 1.82) is 0 Å². The van der Waals surface area contributed by atoms with E-state index in [9.17, 15) is 9.50 Å². The lowest BCUT2D eigenvalue weighted by molar-refractivity contribution is 0.0679. The third kappa shape index (κ3) is 5.04. The van der Waals surface area contributed by atoms with Gasteiger partial charge in [-0.05, 0) is 48.2 Å². The zero-order valence-corrected chi connectivity index (χ0v) is 15.2. The van der Waals surface area contributed by atoms with Crippen LogP contribution in [0.4, 0.5) is 4.39 Å². The number of aliphatic hydroxyl groups is 1. The minimum absolute atomic E-state index is 0.0548. The van der Waals surface area contributed by atoms with Crippen LogP contribution >= 0.6 is 0 Å². The van der Waals surface area contributed by atoms with Crippen LogP contribution in [0.2, 0.25) is 0 Å². The Labute approximate surface area is 154 Å². The highest BCUT2D eigenvalue weighted by molar-refractivity contribution is 5.36. The molecule has 3 rings (SSSR count). The Balaban J connectivity index is 1.74. The molecule has 1 N–H and O–H groups in total. The van der Waals surface area contributed by atoms with Gasteiger partial charge in [-0.2, -0.15) is 0 Å². The van der Waals surface area contributed by atoms with E-state index < -0.39 is 0 Å². The number of methoxy groups -OCH3 is 1. The van der Waals surface area contributed by atoms with E-state index in [1.807, 2.05) is 30.3 Å². The second kappa shape index (κ2) is 9.12. The maximum atomic E-state index is 13.2. The first-order chi connectivity index (χ1) is 12.7. The van der Waals surface area contributed by atoms with Crippen LogP contribution in [-0.4, -0.2) is 36.4 Å². The van der Waals surface area contributed by atoms with Gasteiger partial charge in [-0.15, -0.1) is 0 Å². The van der Waals surface area contributed by atoms with Crippen molar-refractivity contribution in [2.45, 2.75) is 38.6 Å². The molecule has 140 valence electrons. The molecule has 0 bridgehead atoms. The van der Waals surface area contributed by atoms with E-state index in [1.54, 1.807) is 7.11 Å². The van der Waals surface area contributed by atoms with Gasteiger partial charge in [0, 0.05) is 31.8 Å². The maximum absolute atomic E-state index is 13.2. The number of halogens is 1. The summed E-state index contributed by atoms with van der Waals surface area (Å²) in [7, 11) is 1.60. The highest BCUT2D eigenvalue weighted by Gasteiger charge is 2.20. The number of hydrogen-bond donors (Lipinski definition) is 1. The van der Waals surface area contributed by atoms with Gasteiger partial charge in [0.2, 0.25) is 0 Å². The zero-order chi connectivity index (χ0) is 18.4. The van der Waals surface area contributed by atoms with Gasteiger partial charge in [0.25, 0.3) is 0 Å². The molecule has 1 saturated heterocycles. The molecule has 0 radical (unpaired) electrons. The fourth-order valence-corrected chi connectivity index (χ4v) is 3.42. The Morgan fingerprint density at radius 2 is 1.88 bits per heavy atom. The number of ether oxygens (including phenoxy) is 2. The molecule has 5 heteroatoms. The number of benzene rings is 2. The minimum Gasteiger partial charge on any atom is -0.496 e. The van der Waals surface area contributed by atoms with Crippen molar-refractivity contribution >= 4 is 0 Å². The predicted molar refractivity (Wildman–Crippen MR) is 98.4 cm³/mol. The van der Waals surface area contributed by atoms with E-state index in [0.717, 1.165) is 55.8 Å². The molecule has 2 aromatic carbocycles. The summed E-state index contributed by atoms with van der Waals surface area (Å²) in [4.78, 5) is 2.31. The van der Waals surface area contributed by atoms with Gasteiger partial charge < -0.3 is 14.6 Å². The zero-order valence-electron chi connectivity index (χ0n) is 15.2. The normalized spacial score (nSPS) is 17.0. The highest BCUT2D eigenvalue weighted by Crippen LogP contribution is 2.22. The van der Waals surface area contributed by atoms with Crippen molar-refractivity contribution in [3.8, 4) is 5.75 Å². The van der Waals surface area contributed by atoms with Crippen molar-refractivity contribution in [2.24, 2.45) is 0 Å². The number of hydrogen-bond acceptors (Lipinski definition) is 4. The molecule has 1 unspecified atom stereocenters. The van der Waals surface area contributed by atoms with Crippen LogP contribution in [0.5, 0.6) is 5.75 Å². The lowest BCUT2D eigenvalue weighted by Gasteiger charge is -2.26. The molecule has 0 aromatic heterocycles. The van der Waals surface area contributed by atoms with Crippen LogP contribution in [-0.2, 0) is 24.4 Å². The average molecular weight is 359 g/mol. The standard InChI is InChI=1S/C21H26FNO3/c1-25-21-9-6-17(11-18(21)15-24)13-23(14-20-3-2-10-26-20)12-16-4-7-19(22)8-5-16/h4-9,11,20,24H,2-3,10,12-15H2,1H3. The Bertz CT molecular complexity index is 699. The van der Waals surface area contributed by atoms with Gasteiger partial charge >= 0.3 is 0 Å². The molecule has 1 heterocycles. The van der Waals surface area contributed by atoms with E-state index in [2.05, 4.69) is 4.90 Å². The third-order valence-corrected chi connectivity index (χ3v) is 4.73. The molecule has 4 nitrogen and oxygen atoms in total. The van der Waals surface area contributed by atoms with Crippen molar-refractivity contribution in [1.82, 2.24) is 4.90 Å². The Hall–Kier alpha value is -1.95. The maximum Gasteiger partial charge on any atom is 0.124 e. The number of aliphatic hydroxyl groups excluding tert-OH is 1. The van der Waals surface area contributed by atoms with Crippen LogP contribution in [0.3, 0.4) is 0 Å². The summed E-state index contributed by atoms with van der Waals surface area (Å²) in [6, 6.07) is 12.5. The first kappa shape index (κ1) is 18.8. The van der Waals surface area contributed by atoms with E-state index in [0.29, 0.717) is 5.75 Å². The molecular weight excluding hydrogens is 333 g/mol. The molecule has 1 atom stereocenters. The second-order valence-electron chi connectivity index (χ2n) is 6.74. The minimum atomic E-state index is -0.220. The second-order valence-corrected chi connectivity index (χ2v) is 6.74. The first-order valence-corrected chi connectivity index (χ1v) is 9.03. The summed E-state index contributed by atoms with van der Waals surface area (Å²) in [6.07, 6.45) is 2.42. The molecule has 1 aliphatic rings. The van der Waals surface area contributed by atoms with Gasteiger partial charge in [-0.25, -0.2) is 4.39 Å². The van der Waals surface area contributed by atoms with E-state index in [1.165, 1.54) is 12.1 Å². The van der Waals surface area contributed by atoms with Gasteiger partial charge in [0.15, 0.2) is 0 Å². The van der Waals surface area contributed by atoms with Crippen LogP contribution in [0.25, 0.3) is 0 Å². The predicted octanol–water partition coefficient (Wildman–Crippen LogP) is 3.51. The SMILES string of the molecule is COc1ccc(CN(Cc2ccc(F)cc2)CC2CCCO2)cc1CO. The molecule has 1 aliphatic heterocycles. The van der Waals surface area contributed by atoms with Gasteiger partial charge in [0.05, 0.1) is 19.8 Å². The molecule has 0 saturated carbocycles. The first-order valence-electron chi connectivity index (χ1n) is 9.03. The number of nitrogens with zero attached hydrogens (tertiary/aromatic N) is 1. The van der Waals surface area contributed by atoms with E-state index >= 15 is 0 Å². The Morgan fingerprint density at radius 3 is 2.54 bits per heavy atom. The van der Waals surface area contributed by atoms with Crippen LogP contribution < -0.4 is 4.74 Å². The molecule has 0 spiro atoms. The van der Waals surface area contributed by atoms with E-state index in [4.69, 9.17) is 9.47 Å². The largest absolute Gasteiger partial charge is 0.496 e. The lowest BCUT2D eigenvalue weighted by atomic mass is 10.1. The van der Waals surface area contributed by atoms with Gasteiger partial charge in [-0.1, -0.05) is 18.2 Å². The molecule has 0 amide bonds. The molecule has 26 heavy (non-hydrogen) atoms. The third-order valence-electron chi connectivity index (χ3n) is 4.73. The van der Waals surface area contributed by atoms with Crippen molar-refractivity contribution in [3.05, 3.63) is 65.0 Å². The van der Waals surface area contributed by atoms with Crippen LogP contribution in [0, 0.1) is 5.82 Å². The molecule has 1 fully saturated rings. The summed E-state index contributed by atoms with van der Waals surface area (Å²) in [5.74, 6) is 0.475. The fraction of sp³-hybridized carbons (Fsp3) is 0.429. The fourth-order valence-electron chi connectivity index (χ4n) is 3.42. The summed E-state index contributed by atoms with van der Waals surface area (Å²) in [5.41, 5.74) is 2.96.